The molecule has 1 aliphatic carbocycles. The molecule has 30 heavy (non-hydrogen) atoms. The average Bonchev–Trinajstić information content (AvgIpc) is 3.07. The van der Waals surface area contributed by atoms with Crippen LogP contribution in [0.4, 0.5) is 18.9 Å². The fourth-order valence-corrected chi connectivity index (χ4v) is 4.84. The van der Waals surface area contributed by atoms with Crippen LogP contribution in [0.15, 0.2) is 24.3 Å². The van der Waals surface area contributed by atoms with Crippen molar-refractivity contribution in [2.45, 2.75) is 56.2 Å². The predicted molar refractivity (Wildman–Crippen MR) is 101 cm³/mol. The molecule has 3 aliphatic rings. The largest absolute Gasteiger partial charge is 0.416 e. The summed E-state index contributed by atoms with van der Waals surface area (Å²) in [4.78, 5) is 12.6. The lowest BCUT2D eigenvalue weighted by atomic mass is 9.81. The van der Waals surface area contributed by atoms with Crippen LogP contribution in [0.2, 0.25) is 0 Å². The first kappa shape index (κ1) is 20.9. The highest BCUT2D eigenvalue weighted by Gasteiger charge is 2.51. The van der Waals surface area contributed by atoms with Crippen molar-refractivity contribution >= 4 is 11.6 Å². The summed E-state index contributed by atoms with van der Waals surface area (Å²) in [6.45, 7) is 0.526. The number of aliphatic hydroxyl groups is 1. The fraction of sp³-hybridized carbons (Fsp3) is 0.600. The zero-order valence-electron chi connectivity index (χ0n) is 16.2. The zero-order chi connectivity index (χ0) is 21.5. The number of nitrogens with one attached hydrogen (secondary N) is 3. The Morgan fingerprint density at radius 3 is 2.57 bits per heavy atom. The highest BCUT2D eigenvalue weighted by atomic mass is 19.4. The number of fused-ring (bicyclic) bond motifs is 1. The highest BCUT2D eigenvalue weighted by molar-refractivity contribution is 5.82. The van der Waals surface area contributed by atoms with Gasteiger partial charge in [-0.05, 0) is 49.9 Å². The Bertz CT molecular complexity index is 825. The van der Waals surface area contributed by atoms with E-state index in [1.807, 2.05) is 5.01 Å². The lowest BCUT2D eigenvalue weighted by Crippen LogP contribution is -2.55. The maximum absolute atomic E-state index is 12.8. The van der Waals surface area contributed by atoms with E-state index < -0.39 is 29.9 Å². The van der Waals surface area contributed by atoms with Crippen molar-refractivity contribution in [3.8, 4) is 6.07 Å². The molecule has 2 saturated heterocycles. The van der Waals surface area contributed by atoms with Crippen LogP contribution >= 0.6 is 0 Å². The smallest absolute Gasteiger partial charge is 0.393 e. The molecule has 162 valence electrons. The van der Waals surface area contributed by atoms with Gasteiger partial charge < -0.3 is 15.7 Å². The number of aliphatic hydroxyl groups excluding tert-OH is 1. The second-order valence-electron chi connectivity index (χ2n) is 8.18. The van der Waals surface area contributed by atoms with E-state index in [2.05, 4.69) is 22.1 Å². The molecule has 6 atom stereocenters. The second-order valence-corrected chi connectivity index (χ2v) is 8.18. The molecule has 10 heteroatoms. The summed E-state index contributed by atoms with van der Waals surface area (Å²) in [5, 5.41) is 27.5. The van der Waals surface area contributed by atoms with Crippen LogP contribution < -0.4 is 16.1 Å². The normalized spacial score (nSPS) is 34.7. The van der Waals surface area contributed by atoms with E-state index in [1.165, 1.54) is 12.1 Å². The first-order valence-electron chi connectivity index (χ1n) is 10.1. The van der Waals surface area contributed by atoms with Gasteiger partial charge >= 0.3 is 6.18 Å². The Balaban J connectivity index is 1.55. The number of piperidine rings is 1. The van der Waals surface area contributed by atoms with Crippen LogP contribution in [0.1, 0.15) is 31.2 Å². The van der Waals surface area contributed by atoms with Crippen LogP contribution in [0.5, 0.6) is 0 Å². The van der Waals surface area contributed by atoms with E-state index >= 15 is 0 Å². The van der Waals surface area contributed by atoms with E-state index in [-0.39, 0.29) is 23.9 Å². The standard InChI is InChI=1S/C20H24F3N5O2/c21-20(22,23)12-1-3-13(4-2-12)26-18-17-16(7-8-25-19(17)30)28(27-18)15-6-5-14(29)9-11(15)10-24/h1-4,11,14-18,26-27,29H,5-9H2,(H,25,30)/t11-,14-,15+,16?,17?,18?/m0/s1. The molecular weight excluding hydrogens is 399 g/mol. The van der Waals surface area contributed by atoms with E-state index in [0.717, 1.165) is 12.1 Å². The van der Waals surface area contributed by atoms with Gasteiger partial charge in [0.25, 0.3) is 0 Å². The van der Waals surface area contributed by atoms with Gasteiger partial charge in [0, 0.05) is 24.3 Å². The van der Waals surface area contributed by atoms with Gasteiger partial charge in [0.1, 0.15) is 6.17 Å². The van der Waals surface area contributed by atoms with Crippen molar-refractivity contribution in [2.75, 3.05) is 11.9 Å². The number of nitrogens with zero attached hydrogens (tertiary/aromatic N) is 2. The van der Waals surface area contributed by atoms with Crippen molar-refractivity contribution in [3.63, 3.8) is 0 Å². The monoisotopic (exact) mass is 423 g/mol. The minimum absolute atomic E-state index is 0.130. The van der Waals surface area contributed by atoms with E-state index in [9.17, 15) is 28.3 Å². The minimum Gasteiger partial charge on any atom is -0.393 e. The number of amides is 1. The molecule has 3 fully saturated rings. The molecule has 4 N–H and O–H groups in total. The quantitative estimate of drug-likeness (QED) is 0.592. The Morgan fingerprint density at radius 1 is 1.17 bits per heavy atom. The molecule has 0 spiro atoms. The number of hydrogen-bond donors (Lipinski definition) is 4. The Hall–Kier alpha value is -2.35. The van der Waals surface area contributed by atoms with Gasteiger partial charge in [-0.2, -0.15) is 18.4 Å². The molecule has 0 bridgehead atoms. The first-order valence-corrected chi connectivity index (χ1v) is 10.1. The van der Waals surface area contributed by atoms with Crippen LogP contribution in [-0.2, 0) is 11.0 Å². The summed E-state index contributed by atoms with van der Waals surface area (Å²) < 4.78 is 38.4. The van der Waals surface area contributed by atoms with Gasteiger partial charge in [0.2, 0.25) is 5.91 Å². The van der Waals surface area contributed by atoms with Crippen LogP contribution in [-0.4, -0.2) is 46.9 Å². The Labute approximate surface area is 172 Å². The molecule has 3 unspecified atom stereocenters. The second kappa shape index (κ2) is 8.06. The Morgan fingerprint density at radius 2 is 1.90 bits per heavy atom. The van der Waals surface area contributed by atoms with Gasteiger partial charge in [-0.3, -0.25) is 4.79 Å². The Kier molecular flexibility index (Phi) is 5.61. The lowest BCUT2D eigenvalue weighted by Gasteiger charge is -2.40. The fourth-order valence-electron chi connectivity index (χ4n) is 4.84. The number of benzene rings is 1. The topological polar surface area (TPSA) is 100 Å². The predicted octanol–water partition coefficient (Wildman–Crippen LogP) is 1.82. The summed E-state index contributed by atoms with van der Waals surface area (Å²) in [5.74, 6) is -0.945. The van der Waals surface area contributed by atoms with Crippen molar-refractivity contribution in [2.24, 2.45) is 11.8 Å². The van der Waals surface area contributed by atoms with Gasteiger partial charge in [0.15, 0.2) is 0 Å². The number of carbonyl (C=O) groups is 1. The van der Waals surface area contributed by atoms with E-state index in [4.69, 9.17) is 0 Å². The van der Waals surface area contributed by atoms with Crippen molar-refractivity contribution in [1.29, 1.82) is 5.26 Å². The summed E-state index contributed by atoms with van der Waals surface area (Å²) in [7, 11) is 0. The third-order valence-electron chi connectivity index (χ3n) is 6.30. The van der Waals surface area contributed by atoms with E-state index in [1.54, 1.807) is 0 Å². The number of carbonyl (C=O) groups excluding carboxylic acids is 1. The van der Waals surface area contributed by atoms with Crippen LogP contribution in [0.25, 0.3) is 0 Å². The summed E-state index contributed by atoms with van der Waals surface area (Å²) >= 11 is 0. The number of anilines is 1. The number of halogens is 3. The number of alkyl halides is 3. The molecular formula is C20H24F3N5O2. The molecule has 1 aromatic rings. The summed E-state index contributed by atoms with van der Waals surface area (Å²) in [6.07, 6.45) is -3.12. The van der Waals surface area contributed by atoms with Gasteiger partial charge in [-0.15, -0.1) is 0 Å². The number of nitriles is 1. The van der Waals surface area contributed by atoms with Crippen LogP contribution in [0, 0.1) is 23.2 Å². The number of hydrogen-bond acceptors (Lipinski definition) is 6. The molecule has 1 aromatic carbocycles. The molecule has 0 radical (unpaired) electrons. The maximum Gasteiger partial charge on any atom is 0.416 e. The third kappa shape index (κ3) is 3.97. The van der Waals surface area contributed by atoms with Gasteiger partial charge in [-0.25, -0.2) is 10.4 Å². The average molecular weight is 423 g/mol. The van der Waals surface area contributed by atoms with Crippen molar-refractivity contribution in [3.05, 3.63) is 29.8 Å². The lowest BCUT2D eigenvalue weighted by molar-refractivity contribution is -0.137. The van der Waals surface area contributed by atoms with E-state index in [0.29, 0.717) is 37.9 Å². The van der Waals surface area contributed by atoms with Crippen molar-refractivity contribution in [1.82, 2.24) is 15.8 Å². The summed E-state index contributed by atoms with van der Waals surface area (Å²) in [5.41, 5.74) is 3.04. The highest BCUT2D eigenvalue weighted by Crippen LogP contribution is 2.37. The van der Waals surface area contributed by atoms with Crippen molar-refractivity contribution < 1.29 is 23.1 Å². The maximum atomic E-state index is 12.8. The number of rotatable bonds is 3. The molecule has 2 aliphatic heterocycles. The first-order chi connectivity index (χ1) is 14.3. The molecule has 2 heterocycles. The molecule has 1 saturated carbocycles. The molecule has 4 rings (SSSR count). The van der Waals surface area contributed by atoms with Crippen LogP contribution in [0.3, 0.4) is 0 Å². The van der Waals surface area contributed by atoms with Gasteiger partial charge in [-0.1, -0.05) is 0 Å². The zero-order valence-corrected chi connectivity index (χ0v) is 16.2. The number of hydrazine groups is 1. The minimum atomic E-state index is -4.41. The molecule has 0 aromatic heterocycles. The molecule has 7 nitrogen and oxygen atoms in total. The SMILES string of the molecule is N#C[C@@H]1C[C@@H](O)CC[C@H]1N1NC(Nc2ccc(C(F)(F)F)cc2)C2C(=O)NCCC21. The van der Waals surface area contributed by atoms with Gasteiger partial charge in [0.05, 0.1) is 29.6 Å². The molecule has 1 amide bonds. The summed E-state index contributed by atoms with van der Waals surface area (Å²) in [6, 6.07) is 6.70. The third-order valence-corrected chi connectivity index (χ3v) is 6.30.